The lowest BCUT2D eigenvalue weighted by molar-refractivity contribution is -0.159. The van der Waals surface area contributed by atoms with E-state index in [1.54, 1.807) is 0 Å². The number of rotatable bonds is 13. The van der Waals surface area contributed by atoms with Gasteiger partial charge in [-0.15, -0.1) is 0 Å². The molecule has 1 rings (SSSR count). The van der Waals surface area contributed by atoms with Gasteiger partial charge in [0.2, 0.25) is 0 Å². The van der Waals surface area contributed by atoms with Crippen molar-refractivity contribution < 1.29 is 24.5 Å². The summed E-state index contributed by atoms with van der Waals surface area (Å²) >= 11 is 0. The van der Waals surface area contributed by atoms with E-state index in [1.165, 1.54) is 44.3 Å². The fourth-order valence-electron chi connectivity index (χ4n) is 2.42. The Kier molecular flexibility index (Phi) is 16.2. The smallest absolute Gasteiger partial charge is 0.414 e. The first-order valence-corrected chi connectivity index (χ1v) is 9.81. The maximum atomic E-state index is 9.10. The minimum Gasteiger partial charge on any atom is -0.473 e. The van der Waals surface area contributed by atoms with E-state index in [4.69, 9.17) is 24.5 Å². The molecule has 0 amide bonds. The van der Waals surface area contributed by atoms with E-state index < -0.39 is 11.9 Å². The Hall–Kier alpha value is -1.92. The molecule has 6 nitrogen and oxygen atoms in total. The molecule has 0 aliphatic heterocycles. The van der Waals surface area contributed by atoms with Gasteiger partial charge in [-0.25, -0.2) is 9.59 Å². The third-order valence-electron chi connectivity index (χ3n) is 3.99. The molecule has 1 aromatic rings. The van der Waals surface area contributed by atoms with Crippen LogP contribution in [0.5, 0.6) is 0 Å². The molecular weight excluding hydrogens is 346 g/mol. The van der Waals surface area contributed by atoms with Crippen molar-refractivity contribution in [1.29, 1.82) is 0 Å². The van der Waals surface area contributed by atoms with Crippen molar-refractivity contribution in [2.45, 2.75) is 52.4 Å². The van der Waals surface area contributed by atoms with Crippen molar-refractivity contribution in [1.82, 2.24) is 4.90 Å². The van der Waals surface area contributed by atoms with Crippen LogP contribution >= 0.6 is 0 Å². The van der Waals surface area contributed by atoms with Crippen molar-refractivity contribution >= 4 is 11.9 Å². The van der Waals surface area contributed by atoms with Crippen LogP contribution < -0.4 is 0 Å². The highest BCUT2D eigenvalue weighted by molar-refractivity contribution is 6.27. The van der Waals surface area contributed by atoms with Crippen LogP contribution in [-0.2, 0) is 20.7 Å². The summed E-state index contributed by atoms with van der Waals surface area (Å²) in [6.45, 7) is 9.82. The number of aliphatic carboxylic acids is 2. The van der Waals surface area contributed by atoms with Crippen LogP contribution in [0.15, 0.2) is 30.3 Å². The van der Waals surface area contributed by atoms with Crippen molar-refractivity contribution in [3.8, 4) is 0 Å². The highest BCUT2D eigenvalue weighted by atomic mass is 16.5. The fraction of sp³-hybridized carbons (Fsp3) is 0.619. The monoisotopic (exact) mass is 381 g/mol. The number of carboxylic acids is 2. The van der Waals surface area contributed by atoms with Gasteiger partial charge in [-0.3, -0.25) is 0 Å². The first-order valence-electron chi connectivity index (χ1n) is 9.81. The van der Waals surface area contributed by atoms with Crippen molar-refractivity contribution in [3.05, 3.63) is 35.9 Å². The van der Waals surface area contributed by atoms with Crippen LogP contribution in [-0.4, -0.2) is 59.9 Å². The third kappa shape index (κ3) is 16.0. The molecule has 0 bridgehead atoms. The molecule has 0 atom stereocenters. The summed E-state index contributed by atoms with van der Waals surface area (Å²) in [4.78, 5) is 20.8. The number of carbonyl (C=O) groups is 2. The average Bonchev–Trinajstić information content (AvgIpc) is 2.67. The molecule has 154 valence electrons. The lowest BCUT2D eigenvalue weighted by Gasteiger charge is -2.21. The average molecular weight is 382 g/mol. The van der Waals surface area contributed by atoms with Crippen LogP contribution in [0.3, 0.4) is 0 Å². The maximum Gasteiger partial charge on any atom is 0.414 e. The Morgan fingerprint density at radius 3 is 1.89 bits per heavy atom. The summed E-state index contributed by atoms with van der Waals surface area (Å²) in [5, 5.41) is 14.8. The Bertz CT molecular complexity index is 473. The van der Waals surface area contributed by atoms with Crippen molar-refractivity contribution in [3.63, 3.8) is 0 Å². The molecule has 0 radical (unpaired) electrons. The summed E-state index contributed by atoms with van der Waals surface area (Å²) in [7, 11) is 0. The van der Waals surface area contributed by atoms with Crippen molar-refractivity contribution in [2.24, 2.45) is 0 Å². The van der Waals surface area contributed by atoms with E-state index in [-0.39, 0.29) is 0 Å². The van der Waals surface area contributed by atoms with Crippen LogP contribution in [0.2, 0.25) is 0 Å². The number of unbranched alkanes of at least 4 members (excludes halogenated alkanes) is 2. The molecule has 0 spiro atoms. The standard InChI is InChI=1S/C19H33NO.C2H2O4/c1-3-5-14-20(15-6-4-2)16-18-21-17-10-13-19-11-8-7-9-12-19;3-1(4)2(5)6/h7-9,11-12H,3-6,10,13-18H2,1-2H3;(H,3,4)(H,5,6). The van der Waals surface area contributed by atoms with E-state index in [0.29, 0.717) is 0 Å². The predicted octanol–water partition coefficient (Wildman–Crippen LogP) is 3.69. The highest BCUT2D eigenvalue weighted by Gasteiger charge is 2.04. The summed E-state index contributed by atoms with van der Waals surface area (Å²) < 4.78 is 5.80. The number of hydrogen-bond acceptors (Lipinski definition) is 4. The van der Waals surface area contributed by atoms with E-state index >= 15 is 0 Å². The summed E-state index contributed by atoms with van der Waals surface area (Å²) in [5.74, 6) is -3.65. The highest BCUT2D eigenvalue weighted by Crippen LogP contribution is 2.03. The zero-order valence-corrected chi connectivity index (χ0v) is 16.7. The largest absolute Gasteiger partial charge is 0.473 e. The van der Waals surface area contributed by atoms with Gasteiger partial charge in [-0.2, -0.15) is 0 Å². The lowest BCUT2D eigenvalue weighted by atomic mass is 10.1. The fourth-order valence-corrected chi connectivity index (χ4v) is 2.42. The first kappa shape index (κ1) is 25.1. The van der Waals surface area contributed by atoms with Gasteiger partial charge in [0.25, 0.3) is 0 Å². The molecule has 6 heteroatoms. The quantitative estimate of drug-likeness (QED) is 0.400. The molecule has 1 aromatic carbocycles. The van der Waals surface area contributed by atoms with Gasteiger partial charge < -0.3 is 19.8 Å². The molecular formula is C21H35NO5. The number of aryl methyl sites for hydroxylation is 1. The molecule has 0 aromatic heterocycles. The minimum absolute atomic E-state index is 0.877. The molecule has 0 unspecified atom stereocenters. The van der Waals surface area contributed by atoms with E-state index in [0.717, 1.165) is 32.6 Å². The Balaban J connectivity index is 0.000000972. The van der Waals surface area contributed by atoms with Crippen LogP contribution in [0.4, 0.5) is 0 Å². The van der Waals surface area contributed by atoms with Gasteiger partial charge in [0, 0.05) is 13.2 Å². The topological polar surface area (TPSA) is 87.1 Å². The Labute approximate surface area is 163 Å². The van der Waals surface area contributed by atoms with Gasteiger partial charge in [0.05, 0.1) is 6.61 Å². The number of nitrogens with zero attached hydrogens (tertiary/aromatic N) is 1. The van der Waals surface area contributed by atoms with Gasteiger partial charge >= 0.3 is 11.9 Å². The van der Waals surface area contributed by atoms with Gasteiger partial charge in [-0.05, 0) is 44.3 Å². The molecule has 2 N–H and O–H groups in total. The maximum absolute atomic E-state index is 9.10. The second kappa shape index (κ2) is 17.5. The minimum atomic E-state index is -1.82. The number of benzene rings is 1. The first-order chi connectivity index (χ1) is 13.0. The Morgan fingerprint density at radius 1 is 0.852 bits per heavy atom. The van der Waals surface area contributed by atoms with Crippen LogP contribution in [0.1, 0.15) is 51.5 Å². The number of hydrogen-bond donors (Lipinski definition) is 2. The molecule has 27 heavy (non-hydrogen) atoms. The number of ether oxygens (including phenoxy) is 1. The van der Waals surface area contributed by atoms with Crippen molar-refractivity contribution in [2.75, 3.05) is 32.8 Å². The second-order valence-corrected chi connectivity index (χ2v) is 6.36. The third-order valence-corrected chi connectivity index (χ3v) is 3.99. The SMILES string of the molecule is CCCCN(CCCC)CCOCCCc1ccccc1.O=C(O)C(=O)O. The van der Waals surface area contributed by atoms with E-state index in [1.807, 2.05) is 0 Å². The molecule has 0 heterocycles. The van der Waals surface area contributed by atoms with Gasteiger partial charge in [0.15, 0.2) is 0 Å². The molecule has 0 aliphatic carbocycles. The molecule has 0 saturated carbocycles. The molecule has 0 saturated heterocycles. The van der Waals surface area contributed by atoms with Gasteiger partial charge in [-0.1, -0.05) is 57.0 Å². The van der Waals surface area contributed by atoms with Crippen LogP contribution in [0, 0.1) is 0 Å². The normalized spacial score (nSPS) is 10.3. The number of carboxylic acid groups (broad SMARTS) is 2. The Morgan fingerprint density at radius 2 is 1.41 bits per heavy atom. The molecule has 0 aliphatic rings. The van der Waals surface area contributed by atoms with Crippen LogP contribution in [0.25, 0.3) is 0 Å². The summed E-state index contributed by atoms with van der Waals surface area (Å²) in [6, 6.07) is 10.7. The predicted molar refractivity (Wildman–Crippen MR) is 107 cm³/mol. The van der Waals surface area contributed by atoms with Gasteiger partial charge in [0.1, 0.15) is 0 Å². The molecule has 0 fully saturated rings. The zero-order valence-electron chi connectivity index (χ0n) is 16.7. The lowest BCUT2D eigenvalue weighted by Crippen LogP contribution is -2.29. The summed E-state index contributed by atoms with van der Waals surface area (Å²) in [5.41, 5.74) is 1.41. The second-order valence-electron chi connectivity index (χ2n) is 6.36. The zero-order chi connectivity index (χ0) is 20.3. The van der Waals surface area contributed by atoms with E-state index in [2.05, 4.69) is 49.1 Å². The van der Waals surface area contributed by atoms with E-state index in [9.17, 15) is 0 Å². The summed E-state index contributed by atoms with van der Waals surface area (Å²) in [6.07, 6.45) is 7.40.